The van der Waals surface area contributed by atoms with Crippen molar-refractivity contribution < 1.29 is 4.42 Å². The Labute approximate surface area is 289 Å². The topological polar surface area (TPSA) is 31.0 Å². The molecule has 0 spiro atoms. The van der Waals surface area contributed by atoms with Gasteiger partial charge >= 0.3 is 0 Å². The maximum atomic E-state index is 6.32. The molecule has 3 heteroatoms. The van der Waals surface area contributed by atoms with E-state index in [0.717, 1.165) is 55.7 Å². The Hall–Kier alpha value is -6.71. The molecule has 10 rings (SSSR count). The fourth-order valence-electron chi connectivity index (χ4n) is 7.45. The van der Waals surface area contributed by atoms with Crippen LogP contribution in [0.3, 0.4) is 0 Å². The van der Waals surface area contributed by atoms with Crippen LogP contribution in [-0.2, 0) is 0 Å². The van der Waals surface area contributed by atoms with Crippen LogP contribution in [0.2, 0.25) is 0 Å². The van der Waals surface area contributed by atoms with E-state index in [1.54, 1.807) is 0 Å². The maximum Gasteiger partial charge on any atom is 0.136 e. The Balaban J connectivity index is 1.20. The number of nitrogens with zero attached hydrogens (tertiary/aromatic N) is 2. The van der Waals surface area contributed by atoms with Crippen molar-refractivity contribution in [1.82, 2.24) is 9.55 Å². The quantitative estimate of drug-likeness (QED) is 0.188. The third-order valence-corrected chi connectivity index (χ3v) is 9.81. The van der Waals surface area contributed by atoms with E-state index in [1.807, 2.05) is 12.1 Å². The molecular weight excluding hydrogens is 609 g/mol. The minimum Gasteiger partial charge on any atom is -0.456 e. The fourth-order valence-corrected chi connectivity index (χ4v) is 7.45. The average molecular weight is 639 g/mol. The number of para-hydroxylation sites is 3. The molecule has 0 N–H and O–H groups in total. The molecule has 234 valence electrons. The molecule has 0 aliphatic heterocycles. The SMILES string of the molecule is c1ccc(-c2ccc(-c3cc(-c4cccc5c4c4ccccc4n5-c4ccccc4)cc(-c4ccc5c(c4)oc4ccccc45)n3)cc2)cc1. The molecule has 0 aliphatic rings. The summed E-state index contributed by atoms with van der Waals surface area (Å²) in [5, 5.41) is 4.67. The predicted octanol–water partition coefficient (Wildman–Crippen LogP) is 12.7. The summed E-state index contributed by atoms with van der Waals surface area (Å²) in [5.41, 5.74) is 13.8. The van der Waals surface area contributed by atoms with E-state index in [4.69, 9.17) is 9.40 Å². The Morgan fingerprint density at radius 2 is 0.980 bits per heavy atom. The van der Waals surface area contributed by atoms with Crippen molar-refractivity contribution in [2.45, 2.75) is 0 Å². The first-order chi connectivity index (χ1) is 24.8. The third kappa shape index (κ3) is 4.63. The van der Waals surface area contributed by atoms with Gasteiger partial charge in [0.05, 0.1) is 22.4 Å². The first-order valence-electron chi connectivity index (χ1n) is 17.0. The van der Waals surface area contributed by atoms with Gasteiger partial charge < -0.3 is 8.98 Å². The van der Waals surface area contributed by atoms with Crippen molar-refractivity contribution in [3.63, 3.8) is 0 Å². The Morgan fingerprint density at radius 3 is 1.80 bits per heavy atom. The molecule has 0 atom stereocenters. The zero-order chi connectivity index (χ0) is 33.0. The van der Waals surface area contributed by atoms with Crippen molar-refractivity contribution in [2.75, 3.05) is 0 Å². The van der Waals surface area contributed by atoms with E-state index in [-0.39, 0.29) is 0 Å². The number of hydrogen-bond donors (Lipinski definition) is 0. The standard InChI is InChI=1S/C47H30N2O/c1-3-12-31(13-4-1)32-22-24-33(25-23-32)41-28-35(29-42(48-41)34-26-27-39-38-16-8-10-21-45(38)50-46(39)30-34)37-18-11-20-44-47(37)40-17-7-9-19-43(40)49(44)36-14-5-2-6-15-36/h1-30H. The van der Waals surface area contributed by atoms with Gasteiger partial charge in [-0.15, -0.1) is 0 Å². The van der Waals surface area contributed by atoms with E-state index in [0.29, 0.717) is 0 Å². The van der Waals surface area contributed by atoms with E-state index < -0.39 is 0 Å². The third-order valence-electron chi connectivity index (χ3n) is 9.81. The molecule has 0 fully saturated rings. The highest BCUT2D eigenvalue weighted by atomic mass is 16.3. The zero-order valence-electron chi connectivity index (χ0n) is 27.1. The smallest absolute Gasteiger partial charge is 0.136 e. The van der Waals surface area contributed by atoms with Crippen LogP contribution in [0.5, 0.6) is 0 Å². The monoisotopic (exact) mass is 638 g/mol. The summed E-state index contributed by atoms with van der Waals surface area (Å²) < 4.78 is 8.69. The molecule has 50 heavy (non-hydrogen) atoms. The molecule has 0 radical (unpaired) electrons. The summed E-state index contributed by atoms with van der Waals surface area (Å²) in [6, 6.07) is 64.4. The van der Waals surface area contributed by atoms with Gasteiger partial charge in [0.15, 0.2) is 0 Å². The van der Waals surface area contributed by atoms with E-state index in [1.165, 1.54) is 38.5 Å². The van der Waals surface area contributed by atoms with Gasteiger partial charge in [-0.3, -0.25) is 0 Å². The van der Waals surface area contributed by atoms with E-state index in [2.05, 4.69) is 174 Å². The highest BCUT2D eigenvalue weighted by Gasteiger charge is 2.18. The van der Waals surface area contributed by atoms with Crippen molar-refractivity contribution in [1.29, 1.82) is 0 Å². The second-order valence-corrected chi connectivity index (χ2v) is 12.8. The number of pyridine rings is 1. The Bertz CT molecular complexity index is 2850. The van der Waals surface area contributed by atoms with Crippen LogP contribution >= 0.6 is 0 Å². The van der Waals surface area contributed by atoms with Gasteiger partial charge in [-0.1, -0.05) is 127 Å². The zero-order valence-corrected chi connectivity index (χ0v) is 27.1. The Kier molecular flexibility index (Phi) is 6.49. The van der Waals surface area contributed by atoms with Gasteiger partial charge in [0.25, 0.3) is 0 Å². The molecule has 3 aromatic heterocycles. The fraction of sp³-hybridized carbons (Fsp3) is 0. The number of furan rings is 1. The minimum atomic E-state index is 0.859. The van der Waals surface area contributed by atoms with Crippen LogP contribution in [0.25, 0.3) is 94.2 Å². The predicted molar refractivity (Wildman–Crippen MR) is 208 cm³/mol. The summed E-state index contributed by atoms with van der Waals surface area (Å²) in [5.74, 6) is 0. The van der Waals surface area contributed by atoms with Gasteiger partial charge in [0.1, 0.15) is 11.2 Å². The first-order valence-corrected chi connectivity index (χ1v) is 17.0. The molecule has 0 saturated carbocycles. The minimum absolute atomic E-state index is 0.859. The van der Waals surface area contributed by atoms with Crippen LogP contribution in [0.1, 0.15) is 0 Å². The van der Waals surface area contributed by atoms with E-state index >= 15 is 0 Å². The molecule has 0 amide bonds. The van der Waals surface area contributed by atoms with Crippen LogP contribution < -0.4 is 0 Å². The number of hydrogen-bond acceptors (Lipinski definition) is 2. The molecule has 0 bridgehead atoms. The lowest BCUT2D eigenvalue weighted by molar-refractivity contribution is 0.669. The molecule has 7 aromatic carbocycles. The summed E-state index contributed by atoms with van der Waals surface area (Å²) in [4.78, 5) is 5.31. The van der Waals surface area contributed by atoms with Gasteiger partial charge in [-0.2, -0.15) is 0 Å². The molecule has 0 unspecified atom stereocenters. The van der Waals surface area contributed by atoms with Crippen LogP contribution in [0.4, 0.5) is 0 Å². The average Bonchev–Trinajstić information content (AvgIpc) is 3.74. The first kappa shape index (κ1) is 28.3. The molecule has 10 aromatic rings. The second-order valence-electron chi connectivity index (χ2n) is 12.8. The lowest BCUT2D eigenvalue weighted by Crippen LogP contribution is -1.94. The van der Waals surface area contributed by atoms with Crippen LogP contribution in [0, 0.1) is 0 Å². The van der Waals surface area contributed by atoms with E-state index in [9.17, 15) is 0 Å². The van der Waals surface area contributed by atoms with Gasteiger partial charge in [-0.25, -0.2) is 4.98 Å². The van der Waals surface area contributed by atoms with Crippen LogP contribution in [0.15, 0.2) is 186 Å². The molecule has 3 nitrogen and oxygen atoms in total. The lowest BCUT2D eigenvalue weighted by Gasteiger charge is -2.13. The largest absolute Gasteiger partial charge is 0.456 e. The van der Waals surface area contributed by atoms with Gasteiger partial charge in [0, 0.05) is 38.4 Å². The Morgan fingerprint density at radius 1 is 0.380 bits per heavy atom. The summed E-state index contributed by atoms with van der Waals surface area (Å²) in [7, 11) is 0. The van der Waals surface area contributed by atoms with Crippen LogP contribution in [-0.4, -0.2) is 9.55 Å². The number of fused-ring (bicyclic) bond motifs is 6. The number of rotatable bonds is 5. The summed E-state index contributed by atoms with van der Waals surface area (Å²) in [6.45, 7) is 0. The van der Waals surface area contributed by atoms with Crippen molar-refractivity contribution in [3.05, 3.63) is 182 Å². The molecule has 0 saturated heterocycles. The highest BCUT2D eigenvalue weighted by Crippen LogP contribution is 2.41. The van der Waals surface area contributed by atoms with Crippen molar-refractivity contribution >= 4 is 43.7 Å². The molecule has 3 heterocycles. The van der Waals surface area contributed by atoms with Crippen molar-refractivity contribution in [2.24, 2.45) is 0 Å². The van der Waals surface area contributed by atoms with Gasteiger partial charge in [-0.05, 0) is 76.9 Å². The maximum absolute atomic E-state index is 6.32. The van der Waals surface area contributed by atoms with Gasteiger partial charge in [0.2, 0.25) is 0 Å². The number of aromatic nitrogens is 2. The lowest BCUT2D eigenvalue weighted by atomic mass is 9.95. The molecule has 0 aliphatic carbocycles. The normalized spacial score (nSPS) is 11.6. The number of benzene rings is 7. The highest BCUT2D eigenvalue weighted by molar-refractivity contribution is 6.16. The second kappa shape index (κ2) is 11.5. The van der Waals surface area contributed by atoms with Crippen molar-refractivity contribution in [3.8, 4) is 50.5 Å². The summed E-state index contributed by atoms with van der Waals surface area (Å²) >= 11 is 0. The molecular formula is C47H30N2O. The summed E-state index contributed by atoms with van der Waals surface area (Å²) in [6.07, 6.45) is 0.